The molecule has 0 aliphatic carbocycles. The van der Waals surface area contributed by atoms with Gasteiger partial charge in [0.2, 0.25) is 0 Å². The van der Waals surface area contributed by atoms with Crippen LogP contribution in [0.3, 0.4) is 0 Å². The van der Waals surface area contributed by atoms with Gasteiger partial charge in [0.25, 0.3) is 0 Å². The number of para-hydroxylation sites is 4. The molecule has 10 nitrogen and oxygen atoms in total. The maximum Gasteiger partial charge on any atom is 0.0702 e. The molecule has 0 saturated heterocycles. The summed E-state index contributed by atoms with van der Waals surface area (Å²) in [6.07, 6.45) is 11.6. The van der Waals surface area contributed by atoms with Crippen LogP contribution < -0.4 is 20.4 Å². The average Bonchev–Trinajstić information content (AvgIpc) is 0.805. The first kappa shape index (κ1) is 88.6. The molecule has 0 fully saturated rings. The number of benzene rings is 11. The molecule has 0 atom stereocenters. The normalized spacial score (nSPS) is 9.81. The Morgan fingerprint density at radius 3 is 0.929 bits per heavy atom. The summed E-state index contributed by atoms with van der Waals surface area (Å²) in [6, 6.07) is 131. The molecule has 0 unspecified atom stereocenters. The van der Waals surface area contributed by atoms with E-state index in [1.54, 1.807) is 24.7 Å². The first-order chi connectivity index (χ1) is 55.0. The first-order valence-corrected chi connectivity index (χ1v) is 49.6. The molecule has 2 N–H and O–H groups in total. The minimum Gasteiger partial charge on any atom is -0.394 e. The summed E-state index contributed by atoms with van der Waals surface area (Å²) < 4.78 is 9.74. The molecule has 0 saturated carbocycles. The zero-order valence-electron chi connectivity index (χ0n) is 60.7. The van der Waals surface area contributed by atoms with Gasteiger partial charge in [-0.2, -0.15) is 19.6 Å². The van der Waals surface area contributed by atoms with Gasteiger partial charge in [0.1, 0.15) is 0 Å². The van der Waals surface area contributed by atoms with Gasteiger partial charge < -0.3 is 40.2 Å². The molecule has 5 aromatic heterocycles. The molecule has 0 radical (unpaired) electrons. The van der Waals surface area contributed by atoms with Crippen molar-refractivity contribution in [3.63, 3.8) is 0 Å². The largest absolute Gasteiger partial charge is 0.394 e. The predicted octanol–water partition coefficient (Wildman–Crippen LogP) is 28.1. The van der Waals surface area contributed by atoms with Crippen molar-refractivity contribution >= 4 is 160 Å². The number of halogens is 7. The fourth-order valence-electron chi connectivity index (χ4n) is 10.6. The zero-order chi connectivity index (χ0) is 79.2. The van der Waals surface area contributed by atoms with E-state index in [1.807, 2.05) is 231 Å². The monoisotopic (exact) mass is 2230 g/mol. The Morgan fingerprint density at radius 2 is 0.643 bits per heavy atom. The predicted molar refractivity (Wildman–Crippen MR) is 473 cm³/mol. The number of pyridine rings is 5. The molecule has 16 rings (SSSR count). The SMILES string of the molecule is Brc1cccc(Br)c1.Brc1cccc(N(c2ccccc2)c2cccc(Br)c2)c1.Nc1ccccc1.[2H][C-]=O.[Cl][Pt][Cl].[Pt+2].[Zn+][Br].[c-]1c(-c2ccccn2)cccc1N(c1[c-]c(-c2ccccn2)ccc1)c1ccccc1.[c-]1ccccn1.c1ccc(N(c2cccc(-c3ccccn3)c2)c2cccc(-c3ccccn3)c2)cc1. The van der Waals surface area contributed by atoms with Crippen LogP contribution in [0.15, 0.2) is 419 Å². The van der Waals surface area contributed by atoms with Crippen molar-refractivity contribution in [3.05, 3.63) is 437 Å². The zero-order valence-corrected chi connectivity index (χ0v) is 76.6. The Kier molecular flexibility index (Phi) is 41.4. The number of anilines is 10. The van der Waals surface area contributed by atoms with Gasteiger partial charge >= 0.3 is 86.3 Å². The second-order valence-corrected chi connectivity index (χ2v) is 29.6. The van der Waals surface area contributed by atoms with E-state index in [0.717, 1.165) is 127 Å². The van der Waals surface area contributed by atoms with Crippen LogP contribution in [-0.4, -0.2) is 31.7 Å². The minimum atomic E-state index is -0.472. The summed E-state index contributed by atoms with van der Waals surface area (Å²) in [5.41, 5.74) is 23.4. The summed E-state index contributed by atoms with van der Waals surface area (Å²) in [4.78, 5) is 36.7. The standard InChI is InChI=1S/C28H21N3.C28H19N3.C18H13Br2N.C6H4Br2.C6H7N.C5H4N.CHO.BrH.2ClH.2Pt.Zn/c2*1-2-12-24(13-3-1)31(25-14-8-10-22(20-25)27-16-4-6-18-29-27)26-15-9-11-23(21-26)28-17-5-7-19-30-28;19-14-6-4-10-17(12-14)21(16-8-2-1-3-9-16)18-11-5-7-15(20)13-18;7-5-2-1-3-6(8)4-5;7-6-4-2-1-3-5-6;1-2-4-6-5-3-1;1-2;;;;;;/h1-21H;1-19H;1-13H;1-4H;1-5H,7H2;1-4H;1H;3*1H;;;/q;-2;;;;2*-1;;;;3*+2/p-3/i;;;;;;1D;;;;;;. The molecule has 5 heterocycles. The number of rotatable bonds is 13. The molecule has 0 amide bonds. The molecular formula is C92H69Br5Cl2N9OPt2Zn-. The maximum atomic E-state index is 8.35. The molecule has 0 aliphatic rings. The quantitative estimate of drug-likeness (QED) is 0.0517. The van der Waals surface area contributed by atoms with Crippen LogP contribution >= 0.6 is 96.2 Å². The summed E-state index contributed by atoms with van der Waals surface area (Å²) in [7, 11) is 9.75. The van der Waals surface area contributed by atoms with E-state index in [-0.39, 0.29) is 21.1 Å². The van der Waals surface area contributed by atoms with Crippen LogP contribution in [-0.2, 0) is 58.7 Å². The number of aromatic nitrogens is 5. The van der Waals surface area contributed by atoms with Crippen molar-refractivity contribution < 1.29 is 60.1 Å². The fraction of sp³-hybridized carbons (Fsp3) is 0. The van der Waals surface area contributed by atoms with E-state index in [0.29, 0.717) is 0 Å². The van der Waals surface area contributed by atoms with Crippen molar-refractivity contribution in [2.24, 2.45) is 0 Å². The Balaban J connectivity index is 0.000000200. The summed E-state index contributed by atoms with van der Waals surface area (Å²) in [5, 5.41) is 0. The van der Waals surface area contributed by atoms with E-state index in [9.17, 15) is 0 Å². The first-order valence-electron chi connectivity index (χ1n) is 34.4. The molecule has 16 aromatic rings. The smallest absolute Gasteiger partial charge is 0.0702 e. The van der Waals surface area contributed by atoms with E-state index in [2.05, 4.69) is 281 Å². The second-order valence-electron chi connectivity index (χ2n) is 22.7. The van der Waals surface area contributed by atoms with Crippen LogP contribution in [0.25, 0.3) is 45.0 Å². The number of nitrogens with zero attached hydrogens (tertiary/aromatic N) is 8. The average molecular weight is 2240 g/mol. The molecule has 560 valence electrons. The number of nitrogens with two attached hydrogens (primary N) is 1. The molecule has 112 heavy (non-hydrogen) atoms. The maximum absolute atomic E-state index is 8.35. The Labute approximate surface area is 739 Å². The van der Waals surface area contributed by atoms with Crippen LogP contribution in [0.5, 0.6) is 0 Å². The van der Waals surface area contributed by atoms with Gasteiger partial charge in [0.15, 0.2) is 0 Å². The Hall–Kier alpha value is -8.98. The van der Waals surface area contributed by atoms with E-state index >= 15 is 0 Å². The van der Waals surface area contributed by atoms with Gasteiger partial charge in [-0.25, -0.2) is 0 Å². The number of hydrogen-bond donors (Lipinski definition) is 1. The van der Waals surface area contributed by atoms with Gasteiger partial charge in [-0.3, -0.25) is 16.7 Å². The summed E-state index contributed by atoms with van der Waals surface area (Å²) in [6.45, 7) is 0.750. The van der Waals surface area contributed by atoms with Crippen molar-refractivity contribution in [2.75, 3.05) is 20.4 Å². The van der Waals surface area contributed by atoms with Gasteiger partial charge in [-0.05, 0) is 187 Å². The summed E-state index contributed by atoms with van der Waals surface area (Å²) >= 11 is 17.6. The van der Waals surface area contributed by atoms with E-state index < -0.39 is 16.5 Å². The van der Waals surface area contributed by atoms with Crippen LogP contribution in [0.2, 0.25) is 0 Å². The molecule has 0 aliphatic heterocycles. The van der Waals surface area contributed by atoms with Crippen LogP contribution in [0.4, 0.5) is 56.9 Å². The Bertz CT molecular complexity index is 4840. The third-order valence-electron chi connectivity index (χ3n) is 15.3. The molecule has 0 spiro atoms. The van der Waals surface area contributed by atoms with Gasteiger partial charge in [0.05, 0.1) is 11.4 Å². The molecule has 11 aromatic carbocycles. The van der Waals surface area contributed by atoms with Crippen LogP contribution in [0.1, 0.15) is 1.37 Å². The fourth-order valence-corrected chi connectivity index (χ4v) is 12.5. The van der Waals surface area contributed by atoms with E-state index in [4.69, 9.17) is 30.7 Å². The Morgan fingerprint density at radius 1 is 0.348 bits per heavy atom. The van der Waals surface area contributed by atoms with Gasteiger partial charge in [-0.15, -0.1) is 59.7 Å². The minimum absolute atomic E-state index is 0. The topological polar surface area (TPSA) is 117 Å². The third-order valence-corrected chi connectivity index (χ3v) is 17.3. The third kappa shape index (κ3) is 30.2. The van der Waals surface area contributed by atoms with Gasteiger partial charge in [0, 0.05) is 99.3 Å². The van der Waals surface area contributed by atoms with Gasteiger partial charge in [-0.1, -0.05) is 228 Å². The van der Waals surface area contributed by atoms with Crippen molar-refractivity contribution in [2.45, 2.75) is 0 Å². The van der Waals surface area contributed by atoms with E-state index in [1.165, 1.54) is 16.3 Å². The van der Waals surface area contributed by atoms with Crippen LogP contribution in [0, 0.1) is 18.3 Å². The van der Waals surface area contributed by atoms with Crippen molar-refractivity contribution in [1.29, 1.82) is 0 Å². The molecule has 0 bridgehead atoms. The second kappa shape index (κ2) is 52.4. The molecule has 20 heteroatoms. The number of carbonyl (C=O) groups excluding carboxylic acids is 1. The van der Waals surface area contributed by atoms with Crippen molar-refractivity contribution in [3.8, 4) is 45.0 Å². The number of hydrogen-bond acceptors (Lipinski definition) is 10. The molecular weight excluding hydrogens is 2170 g/mol. The number of nitrogen functional groups attached to an aromatic ring is 1. The summed E-state index contributed by atoms with van der Waals surface area (Å²) in [5.74, 6) is 0. The van der Waals surface area contributed by atoms with Crippen molar-refractivity contribution in [1.82, 2.24) is 24.9 Å².